The zero-order valence-corrected chi connectivity index (χ0v) is 11.0. The summed E-state index contributed by atoms with van der Waals surface area (Å²) in [6, 6.07) is 3.59. The van der Waals surface area contributed by atoms with Crippen LogP contribution >= 0.6 is 0 Å². The van der Waals surface area contributed by atoms with E-state index in [0.29, 0.717) is 24.2 Å². The van der Waals surface area contributed by atoms with Gasteiger partial charge in [0.25, 0.3) is 11.8 Å². The molecule has 2 amide bonds. The molecular weight excluding hydrogens is 244 g/mol. The van der Waals surface area contributed by atoms with Crippen LogP contribution < -0.4 is 10.6 Å². The molecular formula is C14H16N2O3. The fourth-order valence-corrected chi connectivity index (χ4v) is 2.73. The largest absolute Gasteiger partial charge is 0.398 e. The summed E-state index contributed by atoms with van der Waals surface area (Å²) in [5.74, 6) is -0.546. The average molecular weight is 260 g/mol. The summed E-state index contributed by atoms with van der Waals surface area (Å²) in [5, 5.41) is 0. The van der Waals surface area contributed by atoms with Crippen molar-refractivity contribution in [1.29, 1.82) is 0 Å². The van der Waals surface area contributed by atoms with Crippen molar-refractivity contribution < 1.29 is 14.3 Å². The van der Waals surface area contributed by atoms with Gasteiger partial charge in [-0.25, -0.2) is 4.90 Å². The number of nitrogen functional groups attached to an aromatic ring is 1. The number of benzene rings is 1. The molecule has 100 valence electrons. The Morgan fingerprint density at radius 2 is 1.68 bits per heavy atom. The fourth-order valence-electron chi connectivity index (χ4n) is 2.73. The second kappa shape index (κ2) is 4.06. The number of aryl methyl sites for hydroxylation is 2. The molecule has 0 aromatic heterocycles. The molecule has 2 heterocycles. The number of hydrogen-bond acceptors (Lipinski definition) is 4. The van der Waals surface area contributed by atoms with Crippen LogP contribution in [0.15, 0.2) is 12.1 Å². The van der Waals surface area contributed by atoms with Crippen molar-refractivity contribution in [2.45, 2.75) is 38.9 Å². The van der Waals surface area contributed by atoms with E-state index in [1.165, 1.54) is 4.90 Å². The molecule has 5 nitrogen and oxygen atoms in total. The Morgan fingerprint density at radius 1 is 1.11 bits per heavy atom. The number of anilines is 2. The number of fused-ring (bicyclic) bond motifs is 2. The molecule has 1 aromatic carbocycles. The van der Waals surface area contributed by atoms with Crippen molar-refractivity contribution in [2.24, 2.45) is 0 Å². The van der Waals surface area contributed by atoms with Crippen LogP contribution in [0.5, 0.6) is 0 Å². The first-order chi connectivity index (χ1) is 8.99. The maximum atomic E-state index is 12.3. The molecule has 5 heteroatoms. The highest BCUT2D eigenvalue weighted by molar-refractivity contribution is 6.20. The Bertz CT molecular complexity index is 560. The van der Waals surface area contributed by atoms with Gasteiger partial charge in [0.05, 0.1) is 5.69 Å². The van der Waals surface area contributed by atoms with E-state index in [1.807, 2.05) is 19.9 Å². The Labute approximate surface area is 111 Å². The molecule has 0 aliphatic carbocycles. The van der Waals surface area contributed by atoms with E-state index in [4.69, 9.17) is 10.5 Å². The Balaban J connectivity index is 2.08. The molecule has 2 N–H and O–H groups in total. The van der Waals surface area contributed by atoms with Gasteiger partial charge >= 0.3 is 0 Å². The number of nitrogens with two attached hydrogens (primary N) is 1. The van der Waals surface area contributed by atoms with Crippen molar-refractivity contribution in [1.82, 2.24) is 0 Å². The van der Waals surface area contributed by atoms with E-state index in [2.05, 4.69) is 0 Å². The van der Waals surface area contributed by atoms with E-state index in [-0.39, 0.29) is 11.8 Å². The molecule has 2 unspecified atom stereocenters. The molecule has 0 spiro atoms. The minimum absolute atomic E-state index is 0.273. The van der Waals surface area contributed by atoms with Crippen LogP contribution in [0.1, 0.15) is 24.0 Å². The first-order valence-corrected chi connectivity index (χ1v) is 6.39. The summed E-state index contributed by atoms with van der Waals surface area (Å²) in [4.78, 5) is 25.8. The Morgan fingerprint density at radius 3 is 2.26 bits per heavy atom. The number of carbonyl (C=O) groups is 2. The molecule has 2 aliphatic rings. The van der Waals surface area contributed by atoms with E-state index in [1.54, 1.807) is 6.07 Å². The molecule has 0 radical (unpaired) electrons. The lowest BCUT2D eigenvalue weighted by Gasteiger charge is -2.31. The highest BCUT2D eigenvalue weighted by atomic mass is 16.5. The molecule has 2 bridgehead atoms. The molecule has 2 saturated heterocycles. The highest BCUT2D eigenvalue weighted by Crippen LogP contribution is 2.34. The molecule has 2 aliphatic heterocycles. The predicted octanol–water partition coefficient (Wildman–Crippen LogP) is 1.31. The van der Waals surface area contributed by atoms with Gasteiger partial charge in [0.1, 0.15) is 12.2 Å². The summed E-state index contributed by atoms with van der Waals surface area (Å²) in [6.45, 7) is 3.78. The van der Waals surface area contributed by atoms with Crippen molar-refractivity contribution in [3.05, 3.63) is 23.3 Å². The summed E-state index contributed by atoms with van der Waals surface area (Å²) in [6.07, 6.45) is 0.271. The monoisotopic (exact) mass is 260 g/mol. The van der Waals surface area contributed by atoms with E-state index >= 15 is 0 Å². The molecule has 3 rings (SSSR count). The van der Waals surface area contributed by atoms with Gasteiger partial charge in [-0.05, 0) is 43.9 Å². The van der Waals surface area contributed by atoms with Crippen LogP contribution in [0.4, 0.5) is 11.4 Å². The summed E-state index contributed by atoms with van der Waals surface area (Å²) >= 11 is 0. The van der Waals surface area contributed by atoms with Gasteiger partial charge < -0.3 is 10.5 Å². The van der Waals surface area contributed by atoms with E-state index < -0.39 is 12.2 Å². The first kappa shape index (κ1) is 12.2. The maximum Gasteiger partial charge on any atom is 0.262 e. The van der Waals surface area contributed by atoms with Gasteiger partial charge in [0.15, 0.2) is 0 Å². The third kappa shape index (κ3) is 1.73. The number of nitrogens with zero attached hydrogens (tertiary/aromatic N) is 1. The predicted molar refractivity (Wildman–Crippen MR) is 70.7 cm³/mol. The number of rotatable bonds is 1. The van der Waals surface area contributed by atoms with Crippen LogP contribution in [-0.2, 0) is 14.3 Å². The van der Waals surface area contributed by atoms with Gasteiger partial charge in [-0.1, -0.05) is 6.07 Å². The summed E-state index contributed by atoms with van der Waals surface area (Å²) in [7, 11) is 0. The number of amides is 2. The minimum atomic E-state index is -0.482. The topological polar surface area (TPSA) is 72.6 Å². The quantitative estimate of drug-likeness (QED) is 0.610. The third-order valence-electron chi connectivity index (χ3n) is 3.84. The van der Waals surface area contributed by atoms with Crippen LogP contribution in [0.25, 0.3) is 0 Å². The molecule has 19 heavy (non-hydrogen) atoms. The van der Waals surface area contributed by atoms with Gasteiger partial charge in [-0.2, -0.15) is 0 Å². The van der Waals surface area contributed by atoms with E-state index in [0.717, 1.165) is 11.1 Å². The lowest BCUT2D eigenvalue weighted by molar-refractivity contribution is -0.146. The van der Waals surface area contributed by atoms with Crippen LogP contribution in [-0.4, -0.2) is 24.0 Å². The second-order valence-electron chi connectivity index (χ2n) is 5.20. The average Bonchev–Trinajstić information content (AvgIpc) is 2.80. The number of hydrogen-bond donors (Lipinski definition) is 1. The molecule has 1 aromatic rings. The van der Waals surface area contributed by atoms with Gasteiger partial charge in [-0.15, -0.1) is 0 Å². The number of carbonyl (C=O) groups excluding carboxylic acids is 2. The normalized spacial score (nSPS) is 26.1. The summed E-state index contributed by atoms with van der Waals surface area (Å²) < 4.78 is 5.40. The summed E-state index contributed by atoms with van der Waals surface area (Å²) in [5.41, 5.74) is 8.87. The third-order valence-corrected chi connectivity index (χ3v) is 3.84. The standard InChI is InChI=1S/C14H16N2O3/c1-7-5-8(2)10(6-9(7)15)16-13(17)11-3-4-12(19-11)14(16)18/h5-6,11-12H,3-4,15H2,1-2H3. The van der Waals surface area contributed by atoms with Crippen molar-refractivity contribution in [3.8, 4) is 0 Å². The maximum absolute atomic E-state index is 12.3. The number of imide groups is 1. The SMILES string of the molecule is Cc1cc(C)c(N2C(=O)C3CCC(O3)C2=O)cc1N. The minimum Gasteiger partial charge on any atom is -0.398 e. The zero-order valence-electron chi connectivity index (χ0n) is 11.0. The van der Waals surface area contributed by atoms with Crippen LogP contribution in [0, 0.1) is 13.8 Å². The molecule has 0 saturated carbocycles. The first-order valence-electron chi connectivity index (χ1n) is 6.39. The van der Waals surface area contributed by atoms with Crippen molar-refractivity contribution in [2.75, 3.05) is 10.6 Å². The van der Waals surface area contributed by atoms with Gasteiger partial charge in [0.2, 0.25) is 0 Å². The second-order valence-corrected chi connectivity index (χ2v) is 5.20. The van der Waals surface area contributed by atoms with Crippen molar-refractivity contribution >= 4 is 23.2 Å². The Kier molecular flexibility index (Phi) is 2.60. The smallest absolute Gasteiger partial charge is 0.262 e. The fraction of sp³-hybridized carbons (Fsp3) is 0.429. The molecule has 2 fully saturated rings. The van der Waals surface area contributed by atoms with Gasteiger partial charge in [0, 0.05) is 5.69 Å². The molecule has 2 atom stereocenters. The zero-order chi connectivity index (χ0) is 13.7. The van der Waals surface area contributed by atoms with Gasteiger partial charge in [-0.3, -0.25) is 9.59 Å². The van der Waals surface area contributed by atoms with Crippen molar-refractivity contribution in [3.63, 3.8) is 0 Å². The van der Waals surface area contributed by atoms with E-state index in [9.17, 15) is 9.59 Å². The highest BCUT2D eigenvalue weighted by Gasteiger charge is 2.47. The van der Waals surface area contributed by atoms with Crippen LogP contribution in [0.2, 0.25) is 0 Å². The lowest BCUT2D eigenvalue weighted by atomic mass is 10.1. The number of morpholine rings is 1. The number of ether oxygens (including phenoxy) is 1. The lowest BCUT2D eigenvalue weighted by Crippen LogP contribution is -2.52. The Hall–Kier alpha value is -1.88. The van der Waals surface area contributed by atoms with Crippen LogP contribution in [0.3, 0.4) is 0 Å².